The van der Waals surface area contributed by atoms with Crippen LogP contribution in [-0.2, 0) is 6.54 Å². The van der Waals surface area contributed by atoms with Crippen molar-refractivity contribution in [3.05, 3.63) is 58.9 Å². The molecule has 0 radical (unpaired) electrons. The van der Waals surface area contributed by atoms with Crippen molar-refractivity contribution in [1.82, 2.24) is 4.90 Å². The molecule has 0 unspecified atom stereocenters. The van der Waals surface area contributed by atoms with Crippen molar-refractivity contribution >= 4 is 29.0 Å². The largest absolute Gasteiger partial charge is 0.375 e. The van der Waals surface area contributed by atoms with Crippen molar-refractivity contribution in [1.29, 1.82) is 0 Å². The highest BCUT2D eigenvalue weighted by atomic mass is 32.2. The molecule has 144 valence electrons. The van der Waals surface area contributed by atoms with Gasteiger partial charge in [-0.15, -0.1) is 0 Å². The first-order chi connectivity index (χ1) is 12.9. The maximum Gasteiger partial charge on any atom is 0.255 e. The number of hydrogen-bond acceptors (Lipinski definition) is 4. The third-order valence-electron chi connectivity index (χ3n) is 4.74. The van der Waals surface area contributed by atoms with Gasteiger partial charge in [-0.1, -0.05) is 12.1 Å². The van der Waals surface area contributed by atoms with Crippen LogP contribution in [0.1, 0.15) is 21.5 Å². The topological polar surface area (TPSA) is 35.6 Å². The normalized spacial score (nSPS) is 14.8. The third-order valence-corrected chi connectivity index (χ3v) is 5.68. The van der Waals surface area contributed by atoms with Crippen LogP contribution in [-0.4, -0.2) is 49.5 Å². The first-order valence-corrected chi connectivity index (χ1v) is 10.3. The van der Waals surface area contributed by atoms with Gasteiger partial charge in [0.25, 0.3) is 5.91 Å². The number of rotatable bonds is 5. The summed E-state index contributed by atoms with van der Waals surface area (Å²) in [6.07, 6.45) is 0. The van der Waals surface area contributed by atoms with E-state index in [-0.39, 0.29) is 5.91 Å². The number of benzene rings is 2. The highest BCUT2D eigenvalue weighted by Crippen LogP contribution is 2.22. The average molecular weight is 388 g/mol. The number of hydrogen-bond donors (Lipinski definition) is 1. The second-order valence-electron chi connectivity index (χ2n) is 7.05. The van der Waals surface area contributed by atoms with Crippen LogP contribution in [0.25, 0.3) is 0 Å². The van der Waals surface area contributed by atoms with Crippen molar-refractivity contribution in [2.45, 2.75) is 13.5 Å². The smallest absolute Gasteiger partial charge is 0.255 e. The van der Waals surface area contributed by atoms with Crippen LogP contribution >= 0.6 is 11.8 Å². The Hall–Kier alpha value is -2.05. The van der Waals surface area contributed by atoms with E-state index < -0.39 is 5.82 Å². The Kier molecular flexibility index (Phi) is 6.39. The summed E-state index contributed by atoms with van der Waals surface area (Å²) in [5.41, 5.74) is 3.79. The zero-order valence-corrected chi connectivity index (χ0v) is 16.9. The summed E-state index contributed by atoms with van der Waals surface area (Å²) in [4.78, 5) is 16.6. The average Bonchev–Trinajstić information content (AvgIpc) is 2.64. The second-order valence-corrected chi connectivity index (χ2v) is 8.28. The number of halogens is 1. The standard InChI is InChI=1S/C21H26FN3OS/c1-15-12-16(14-25-8-10-27-11-9-25)4-6-19(15)23-21(26)17-5-7-20(24(2)3)18(22)13-17/h4-7,12-13H,8-11,14H2,1-3H3,(H,23,26). The first-order valence-electron chi connectivity index (χ1n) is 9.12. The van der Waals surface area contributed by atoms with Gasteiger partial charge in [0, 0.05) is 56.5 Å². The van der Waals surface area contributed by atoms with Gasteiger partial charge in [-0.2, -0.15) is 11.8 Å². The van der Waals surface area contributed by atoms with E-state index in [0.717, 1.165) is 30.9 Å². The van der Waals surface area contributed by atoms with E-state index in [2.05, 4.69) is 22.3 Å². The number of amides is 1. The Balaban J connectivity index is 1.68. The molecule has 0 aromatic heterocycles. The lowest BCUT2D eigenvalue weighted by Gasteiger charge is -2.26. The molecule has 1 aliphatic heterocycles. The minimum atomic E-state index is -0.403. The SMILES string of the molecule is Cc1cc(CN2CCSCC2)ccc1NC(=O)c1ccc(N(C)C)c(F)c1. The van der Waals surface area contributed by atoms with Gasteiger partial charge >= 0.3 is 0 Å². The van der Waals surface area contributed by atoms with Crippen LogP contribution in [0.2, 0.25) is 0 Å². The van der Waals surface area contributed by atoms with Crippen LogP contribution in [0.4, 0.5) is 15.8 Å². The Morgan fingerprint density at radius 3 is 2.56 bits per heavy atom. The maximum atomic E-state index is 14.1. The molecule has 1 heterocycles. The molecular formula is C21H26FN3OS. The minimum Gasteiger partial charge on any atom is -0.375 e. The maximum absolute atomic E-state index is 14.1. The molecule has 2 aromatic carbocycles. The fourth-order valence-electron chi connectivity index (χ4n) is 3.19. The van der Waals surface area contributed by atoms with Gasteiger partial charge in [0.05, 0.1) is 5.69 Å². The number of aryl methyl sites for hydroxylation is 1. The monoisotopic (exact) mass is 387 g/mol. The number of nitrogens with zero attached hydrogens (tertiary/aromatic N) is 2. The Morgan fingerprint density at radius 1 is 1.19 bits per heavy atom. The van der Waals surface area contributed by atoms with Gasteiger partial charge < -0.3 is 10.2 Å². The molecule has 3 rings (SSSR count). The summed E-state index contributed by atoms with van der Waals surface area (Å²) in [7, 11) is 3.54. The van der Waals surface area contributed by atoms with Crippen LogP contribution in [0, 0.1) is 12.7 Å². The second kappa shape index (κ2) is 8.76. The molecule has 27 heavy (non-hydrogen) atoms. The first kappa shape index (κ1) is 19.7. The number of carbonyl (C=O) groups is 1. The highest BCUT2D eigenvalue weighted by Gasteiger charge is 2.14. The molecule has 0 spiro atoms. The van der Waals surface area contributed by atoms with Crippen LogP contribution < -0.4 is 10.2 Å². The molecule has 1 fully saturated rings. The van der Waals surface area contributed by atoms with E-state index in [1.54, 1.807) is 31.1 Å². The Bertz CT molecular complexity index is 819. The molecule has 0 saturated carbocycles. The lowest BCUT2D eigenvalue weighted by atomic mass is 10.1. The molecular weight excluding hydrogens is 361 g/mol. The fraction of sp³-hybridized carbons (Fsp3) is 0.381. The molecule has 6 heteroatoms. The van der Waals surface area contributed by atoms with Gasteiger partial charge in [0.2, 0.25) is 0 Å². The van der Waals surface area contributed by atoms with Crippen molar-refractivity contribution in [2.24, 2.45) is 0 Å². The Morgan fingerprint density at radius 2 is 1.93 bits per heavy atom. The van der Waals surface area contributed by atoms with Gasteiger partial charge in [0.1, 0.15) is 5.82 Å². The number of nitrogens with one attached hydrogen (secondary N) is 1. The van der Waals surface area contributed by atoms with Gasteiger partial charge in [-0.05, 0) is 42.3 Å². The molecule has 4 nitrogen and oxygen atoms in total. The summed E-state index contributed by atoms with van der Waals surface area (Å²) in [6, 6.07) is 10.7. The predicted octanol–water partition coefficient (Wildman–Crippen LogP) is 4.00. The zero-order chi connectivity index (χ0) is 19.4. The Labute approximate surface area is 164 Å². The van der Waals surface area contributed by atoms with Crippen molar-refractivity contribution in [3.63, 3.8) is 0 Å². The summed E-state index contributed by atoms with van der Waals surface area (Å²) >= 11 is 2.00. The summed E-state index contributed by atoms with van der Waals surface area (Å²) in [5, 5.41) is 2.90. The van der Waals surface area contributed by atoms with E-state index >= 15 is 0 Å². The quantitative estimate of drug-likeness (QED) is 0.841. The summed E-state index contributed by atoms with van der Waals surface area (Å²) < 4.78 is 14.1. The van der Waals surface area contributed by atoms with E-state index in [4.69, 9.17) is 0 Å². The molecule has 1 aliphatic rings. The third kappa shape index (κ3) is 5.02. The lowest BCUT2D eigenvalue weighted by molar-refractivity contribution is 0.102. The minimum absolute atomic E-state index is 0.303. The number of anilines is 2. The van der Waals surface area contributed by atoms with E-state index in [1.807, 2.05) is 24.8 Å². The van der Waals surface area contributed by atoms with Gasteiger partial charge in [-0.25, -0.2) is 4.39 Å². The molecule has 1 N–H and O–H groups in total. The molecule has 0 aliphatic carbocycles. The molecule has 0 atom stereocenters. The number of carbonyl (C=O) groups excluding carboxylic acids is 1. The predicted molar refractivity (Wildman–Crippen MR) is 112 cm³/mol. The fourth-order valence-corrected chi connectivity index (χ4v) is 4.17. The van der Waals surface area contributed by atoms with Crippen molar-refractivity contribution < 1.29 is 9.18 Å². The number of thioether (sulfide) groups is 1. The molecule has 0 bridgehead atoms. The molecule has 1 amide bonds. The van der Waals surface area contributed by atoms with E-state index in [1.165, 1.54) is 23.1 Å². The molecule has 1 saturated heterocycles. The van der Waals surface area contributed by atoms with Crippen LogP contribution in [0.3, 0.4) is 0 Å². The highest BCUT2D eigenvalue weighted by molar-refractivity contribution is 7.99. The van der Waals surface area contributed by atoms with Crippen LogP contribution in [0.5, 0.6) is 0 Å². The van der Waals surface area contributed by atoms with Crippen LogP contribution in [0.15, 0.2) is 36.4 Å². The van der Waals surface area contributed by atoms with Gasteiger partial charge in [0.15, 0.2) is 0 Å². The summed E-state index contributed by atoms with van der Waals surface area (Å²) in [6.45, 7) is 5.17. The van der Waals surface area contributed by atoms with Crippen molar-refractivity contribution in [2.75, 3.05) is 48.9 Å². The summed E-state index contributed by atoms with van der Waals surface area (Å²) in [5.74, 6) is 1.68. The van der Waals surface area contributed by atoms with Crippen molar-refractivity contribution in [3.8, 4) is 0 Å². The van der Waals surface area contributed by atoms with Gasteiger partial charge in [-0.3, -0.25) is 9.69 Å². The molecule has 2 aromatic rings. The zero-order valence-electron chi connectivity index (χ0n) is 16.1. The van der Waals surface area contributed by atoms with E-state index in [0.29, 0.717) is 11.3 Å². The lowest BCUT2D eigenvalue weighted by Crippen LogP contribution is -2.31. The van der Waals surface area contributed by atoms with E-state index in [9.17, 15) is 9.18 Å².